The average molecular weight is 659 g/mol. The van der Waals surface area contributed by atoms with Crippen LogP contribution >= 0.6 is 0 Å². The van der Waals surface area contributed by atoms with E-state index in [2.05, 4.69) is 0 Å². The summed E-state index contributed by atoms with van der Waals surface area (Å²) >= 11 is 0. The number of carbonyl (C=O) groups excluding carboxylic acids is 2. The smallest absolute Gasteiger partial charge is 0.189 e. The molecule has 0 saturated heterocycles. The van der Waals surface area contributed by atoms with Gasteiger partial charge in [0.25, 0.3) is 0 Å². The van der Waals surface area contributed by atoms with Gasteiger partial charge < -0.3 is 19.7 Å². The minimum atomic E-state index is -0.359. The highest BCUT2D eigenvalue weighted by Gasteiger charge is 2.13. The fraction of sp³-hybridized carbons (Fsp3) is 0.0455. The third-order valence-electron chi connectivity index (χ3n) is 8.01. The molecule has 0 atom stereocenters. The van der Waals surface area contributed by atoms with Crippen molar-refractivity contribution >= 4 is 23.7 Å². The molecule has 6 aromatic rings. The van der Waals surface area contributed by atoms with Gasteiger partial charge in [0.2, 0.25) is 0 Å². The normalized spacial score (nSPS) is 11.1. The molecule has 0 aliphatic rings. The van der Waals surface area contributed by atoms with E-state index in [-0.39, 0.29) is 34.2 Å². The molecule has 0 saturated carbocycles. The number of carbonyl (C=O) groups is 2. The Kier molecular flexibility index (Phi) is 10.6. The summed E-state index contributed by atoms with van der Waals surface area (Å²) in [4.78, 5) is 26.3. The standard InChI is InChI=1S/C44H34O6/c45-41(39-23-21-35(27-43(39)47)49-29-31-11-3-1-4-12-31)25-19-33-15-7-9-17-37(33)38-18-10-8-16-34(38)20-26-42(46)40-24-22-36(28-44(40)48)50-30-32-13-5-2-6-14-32/h1-28,47-48H,29-30H2/b25-19+,26-20+. The molecule has 246 valence electrons. The Morgan fingerprint density at radius 1 is 0.480 bits per heavy atom. The highest BCUT2D eigenvalue weighted by atomic mass is 16.5. The second kappa shape index (κ2) is 16.0. The number of allylic oxidation sites excluding steroid dienone is 2. The Balaban J connectivity index is 1.15. The van der Waals surface area contributed by atoms with Gasteiger partial charge in [-0.25, -0.2) is 0 Å². The van der Waals surface area contributed by atoms with Gasteiger partial charge in [0.15, 0.2) is 11.6 Å². The topological polar surface area (TPSA) is 93.1 Å². The zero-order valence-corrected chi connectivity index (χ0v) is 27.1. The number of phenols is 2. The second-order valence-electron chi connectivity index (χ2n) is 11.5. The van der Waals surface area contributed by atoms with Crippen molar-refractivity contribution < 1.29 is 29.3 Å². The SMILES string of the molecule is O=C(/C=C/c1ccccc1-c1ccccc1/C=C/C(=O)c1ccc(OCc2ccccc2)cc1O)c1ccc(OCc2ccccc2)cc1O. The van der Waals surface area contributed by atoms with Gasteiger partial charge in [-0.2, -0.15) is 0 Å². The molecule has 0 radical (unpaired) electrons. The molecule has 0 aliphatic carbocycles. The quantitative estimate of drug-likeness (QED) is 0.0948. The van der Waals surface area contributed by atoms with Crippen LogP contribution in [0.5, 0.6) is 23.0 Å². The lowest BCUT2D eigenvalue weighted by Gasteiger charge is -2.11. The molecule has 0 heterocycles. The number of rotatable bonds is 13. The third-order valence-corrected chi connectivity index (χ3v) is 8.01. The molecule has 0 unspecified atom stereocenters. The predicted molar refractivity (Wildman–Crippen MR) is 196 cm³/mol. The molecule has 6 rings (SSSR count). The van der Waals surface area contributed by atoms with Gasteiger partial charge in [0.1, 0.15) is 36.2 Å². The molecular weight excluding hydrogens is 624 g/mol. The van der Waals surface area contributed by atoms with E-state index in [1.165, 1.54) is 24.3 Å². The van der Waals surface area contributed by atoms with Crippen molar-refractivity contribution in [3.63, 3.8) is 0 Å². The highest BCUT2D eigenvalue weighted by molar-refractivity contribution is 6.10. The molecule has 2 N–H and O–H groups in total. The van der Waals surface area contributed by atoms with Crippen molar-refractivity contribution in [2.75, 3.05) is 0 Å². The number of ether oxygens (including phenoxy) is 2. The Bertz CT molecular complexity index is 2010. The zero-order valence-electron chi connectivity index (χ0n) is 27.1. The lowest BCUT2D eigenvalue weighted by molar-refractivity contribution is 0.103. The fourth-order valence-corrected chi connectivity index (χ4v) is 5.39. The molecule has 6 nitrogen and oxygen atoms in total. The summed E-state index contributed by atoms with van der Waals surface area (Å²) in [6, 6.07) is 43.9. The van der Waals surface area contributed by atoms with Crippen molar-refractivity contribution in [3.05, 3.63) is 191 Å². The Hall–Kier alpha value is -6.66. The summed E-state index contributed by atoms with van der Waals surface area (Å²) in [5.74, 6) is -0.136. The van der Waals surface area contributed by atoms with Gasteiger partial charge in [-0.1, -0.05) is 121 Å². The number of phenolic OH excluding ortho intramolecular Hbond substituents is 2. The number of hydrogen-bond donors (Lipinski definition) is 2. The molecule has 6 aromatic carbocycles. The van der Waals surface area contributed by atoms with Gasteiger partial charge in [-0.05, 0) is 69.8 Å². The molecule has 0 spiro atoms. The maximum absolute atomic E-state index is 13.1. The third kappa shape index (κ3) is 8.43. The van der Waals surface area contributed by atoms with Crippen molar-refractivity contribution in [1.29, 1.82) is 0 Å². The van der Waals surface area contributed by atoms with E-state index in [1.807, 2.05) is 109 Å². The monoisotopic (exact) mass is 658 g/mol. The van der Waals surface area contributed by atoms with Gasteiger partial charge in [-0.15, -0.1) is 0 Å². The largest absolute Gasteiger partial charge is 0.507 e. The predicted octanol–water partition coefficient (Wildman–Crippen LogP) is 9.71. The Morgan fingerprint density at radius 3 is 1.26 bits per heavy atom. The van der Waals surface area contributed by atoms with Crippen LogP contribution in [0.1, 0.15) is 43.0 Å². The van der Waals surface area contributed by atoms with Gasteiger partial charge in [0, 0.05) is 12.1 Å². The van der Waals surface area contributed by atoms with E-state index < -0.39 is 0 Å². The van der Waals surface area contributed by atoms with Crippen LogP contribution in [0, 0.1) is 0 Å². The molecule has 0 aliphatic heterocycles. The number of aromatic hydroxyl groups is 2. The van der Waals surface area contributed by atoms with Crippen LogP contribution < -0.4 is 9.47 Å². The molecule has 0 fully saturated rings. The molecule has 0 bridgehead atoms. The van der Waals surface area contributed by atoms with E-state index in [0.717, 1.165) is 33.4 Å². The number of ketones is 2. The van der Waals surface area contributed by atoms with Gasteiger partial charge in [0.05, 0.1) is 11.1 Å². The lowest BCUT2D eigenvalue weighted by Crippen LogP contribution is -1.98. The van der Waals surface area contributed by atoms with Crippen molar-refractivity contribution in [1.82, 2.24) is 0 Å². The van der Waals surface area contributed by atoms with Crippen molar-refractivity contribution in [3.8, 4) is 34.1 Å². The summed E-state index contributed by atoms with van der Waals surface area (Å²) in [5.41, 5.74) is 5.55. The Morgan fingerprint density at radius 2 is 0.860 bits per heavy atom. The zero-order chi connectivity index (χ0) is 34.7. The minimum Gasteiger partial charge on any atom is -0.507 e. The minimum absolute atomic E-state index is 0.159. The van der Waals surface area contributed by atoms with Crippen LogP contribution in [0.25, 0.3) is 23.3 Å². The first-order valence-corrected chi connectivity index (χ1v) is 16.1. The second-order valence-corrected chi connectivity index (χ2v) is 11.5. The van der Waals surface area contributed by atoms with Crippen molar-refractivity contribution in [2.45, 2.75) is 13.2 Å². The molecule has 0 amide bonds. The van der Waals surface area contributed by atoms with Gasteiger partial charge >= 0.3 is 0 Å². The van der Waals surface area contributed by atoms with E-state index >= 15 is 0 Å². The summed E-state index contributed by atoms with van der Waals surface area (Å²) < 4.78 is 11.5. The van der Waals surface area contributed by atoms with Gasteiger partial charge in [-0.3, -0.25) is 9.59 Å². The van der Waals surface area contributed by atoms with Crippen LogP contribution in [0.2, 0.25) is 0 Å². The lowest BCUT2D eigenvalue weighted by atomic mass is 9.94. The first-order valence-electron chi connectivity index (χ1n) is 16.1. The molecular formula is C44H34O6. The van der Waals surface area contributed by atoms with E-state index in [0.29, 0.717) is 24.7 Å². The summed E-state index contributed by atoms with van der Waals surface area (Å²) in [6.45, 7) is 0.686. The Labute approximate surface area is 290 Å². The van der Waals surface area contributed by atoms with Crippen LogP contribution in [-0.2, 0) is 13.2 Å². The average Bonchev–Trinajstić information content (AvgIpc) is 3.15. The molecule has 50 heavy (non-hydrogen) atoms. The maximum atomic E-state index is 13.1. The fourth-order valence-electron chi connectivity index (χ4n) is 5.39. The van der Waals surface area contributed by atoms with Crippen LogP contribution in [-0.4, -0.2) is 21.8 Å². The highest BCUT2D eigenvalue weighted by Crippen LogP contribution is 2.31. The summed E-state index contributed by atoms with van der Waals surface area (Å²) in [7, 11) is 0. The number of hydrogen-bond acceptors (Lipinski definition) is 6. The molecule has 6 heteroatoms. The first kappa shape index (κ1) is 33.2. The van der Waals surface area contributed by atoms with Crippen molar-refractivity contribution in [2.24, 2.45) is 0 Å². The van der Waals surface area contributed by atoms with Crippen LogP contribution in [0.3, 0.4) is 0 Å². The van der Waals surface area contributed by atoms with E-state index in [4.69, 9.17) is 9.47 Å². The summed E-state index contributed by atoms with van der Waals surface area (Å²) in [5, 5.41) is 21.2. The molecule has 0 aromatic heterocycles. The maximum Gasteiger partial charge on any atom is 0.189 e. The number of benzene rings is 6. The van der Waals surface area contributed by atoms with E-state index in [9.17, 15) is 19.8 Å². The summed E-state index contributed by atoms with van der Waals surface area (Å²) in [6.07, 6.45) is 6.27. The van der Waals surface area contributed by atoms with E-state index in [1.54, 1.807) is 36.4 Å². The first-order chi connectivity index (χ1) is 24.4. The van der Waals surface area contributed by atoms with Crippen LogP contribution in [0.4, 0.5) is 0 Å². The van der Waals surface area contributed by atoms with Crippen LogP contribution in [0.15, 0.2) is 158 Å².